The first-order chi connectivity index (χ1) is 8.83. The number of aromatic nitrogens is 4. The zero-order valence-corrected chi connectivity index (χ0v) is 10.0. The normalized spacial score (nSPS) is 10.7. The first kappa shape index (κ1) is 10.7. The van der Waals surface area contributed by atoms with Gasteiger partial charge in [0.05, 0.1) is 5.39 Å². The summed E-state index contributed by atoms with van der Waals surface area (Å²) in [5, 5.41) is 4.32. The van der Waals surface area contributed by atoms with Crippen LogP contribution in [-0.4, -0.2) is 19.9 Å². The van der Waals surface area contributed by atoms with E-state index in [0.29, 0.717) is 6.54 Å². The van der Waals surface area contributed by atoms with Crippen LogP contribution in [-0.2, 0) is 6.54 Å². The molecule has 3 heterocycles. The minimum absolute atomic E-state index is 0.699. The molecule has 0 fully saturated rings. The lowest BCUT2D eigenvalue weighted by atomic mass is 10.3. The molecule has 0 amide bonds. The number of H-pyrrole nitrogens is 1. The van der Waals surface area contributed by atoms with Gasteiger partial charge in [-0.2, -0.15) is 0 Å². The molecule has 0 aliphatic heterocycles. The van der Waals surface area contributed by atoms with Gasteiger partial charge in [0.1, 0.15) is 17.3 Å². The Labute approximate surface area is 104 Å². The molecule has 0 aromatic carbocycles. The Morgan fingerprint density at radius 3 is 3.06 bits per heavy atom. The highest BCUT2D eigenvalue weighted by Gasteiger charge is 2.05. The smallest absolute Gasteiger partial charge is 0.143 e. The fraction of sp³-hybridized carbons (Fsp3) is 0.154. The third-order valence-corrected chi connectivity index (χ3v) is 2.71. The lowest BCUT2D eigenvalue weighted by Gasteiger charge is -2.07. The topological polar surface area (TPSA) is 66.5 Å². The molecule has 0 radical (unpaired) electrons. The maximum Gasteiger partial charge on any atom is 0.143 e. The molecule has 90 valence electrons. The number of rotatable bonds is 3. The molecular formula is C13H13N5. The Bertz CT molecular complexity index is 659. The molecule has 5 nitrogen and oxygen atoms in total. The summed E-state index contributed by atoms with van der Waals surface area (Å²) in [6.07, 6.45) is 5.48. The molecule has 2 N–H and O–H groups in total. The largest absolute Gasteiger partial charge is 0.365 e. The van der Waals surface area contributed by atoms with Crippen molar-refractivity contribution < 1.29 is 0 Å². The Kier molecular flexibility index (Phi) is 2.64. The summed E-state index contributed by atoms with van der Waals surface area (Å²) in [5.74, 6) is 1.60. The number of pyridine rings is 1. The van der Waals surface area contributed by atoms with Gasteiger partial charge in [-0.15, -0.1) is 0 Å². The van der Waals surface area contributed by atoms with Gasteiger partial charge < -0.3 is 10.3 Å². The van der Waals surface area contributed by atoms with Crippen molar-refractivity contribution in [2.24, 2.45) is 0 Å². The minimum Gasteiger partial charge on any atom is -0.365 e. The molecule has 0 saturated heterocycles. The van der Waals surface area contributed by atoms with Crippen LogP contribution in [0, 0.1) is 6.92 Å². The van der Waals surface area contributed by atoms with E-state index >= 15 is 0 Å². The van der Waals surface area contributed by atoms with Crippen molar-refractivity contribution in [2.45, 2.75) is 13.5 Å². The average molecular weight is 239 g/mol. The second-order valence-electron chi connectivity index (χ2n) is 4.07. The van der Waals surface area contributed by atoms with E-state index in [1.807, 2.05) is 37.5 Å². The Hall–Kier alpha value is -2.43. The molecule has 0 unspecified atom stereocenters. The summed E-state index contributed by atoms with van der Waals surface area (Å²) in [4.78, 5) is 15.9. The summed E-state index contributed by atoms with van der Waals surface area (Å²) < 4.78 is 0. The Balaban J connectivity index is 1.88. The molecule has 5 heteroatoms. The van der Waals surface area contributed by atoms with Crippen LogP contribution in [0.4, 0.5) is 5.82 Å². The first-order valence-electron chi connectivity index (χ1n) is 5.77. The van der Waals surface area contributed by atoms with Gasteiger partial charge in [-0.25, -0.2) is 9.97 Å². The third kappa shape index (κ3) is 2.02. The molecule has 0 bridgehead atoms. The van der Waals surface area contributed by atoms with E-state index in [-0.39, 0.29) is 0 Å². The maximum absolute atomic E-state index is 4.43. The van der Waals surface area contributed by atoms with Crippen molar-refractivity contribution in [1.82, 2.24) is 19.9 Å². The number of hydrogen-bond donors (Lipinski definition) is 2. The highest BCUT2D eigenvalue weighted by Crippen LogP contribution is 2.19. The van der Waals surface area contributed by atoms with Crippen molar-refractivity contribution in [3.8, 4) is 0 Å². The van der Waals surface area contributed by atoms with Gasteiger partial charge >= 0.3 is 0 Å². The SMILES string of the molecule is Cc1nc(NCc2cccnc2)c2cc[nH]c2n1. The molecule has 0 spiro atoms. The molecule has 0 saturated carbocycles. The summed E-state index contributed by atoms with van der Waals surface area (Å²) in [6.45, 7) is 2.58. The molecule has 3 rings (SSSR count). The van der Waals surface area contributed by atoms with Gasteiger partial charge in [0.2, 0.25) is 0 Å². The van der Waals surface area contributed by atoms with Gasteiger partial charge in [0, 0.05) is 25.1 Å². The van der Waals surface area contributed by atoms with E-state index in [1.165, 1.54) is 0 Å². The second kappa shape index (κ2) is 4.44. The Morgan fingerprint density at radius 2 is 2.22 bits per heavy atom. The zero-order chi connectivity index (χ0) is 12.4. The quantitative estimate of drug-likeness (QED) is 0.735. The highest BCUT2D eigenvalue weighted by atomic mass is 15.0. The zero-order valence-electron chi connectivity index (χ0n) is 10.0. The van der Waals surface area contributed by atoms with Crippen molar-refractivity contribution >= 4 is 16.9 Å². The number of hydrogen-bond acceptors (Lipinski definition) is 4. The van der Waals surface area contributed by atoms with Gasteiger partial charge in [-0.3, -0.25) is 4.98 Å². The van der Waals surface area contributed by atoms with Crippen molar-refractivity contribution in [1.29, 1.82) is 0 Å². The van der Waals surface area contributed by atoms with Crippen LogP contribution in [0.25, 0.3) is 11.0 Å². The van der Waals surface area contributed by atoms with Crippen LogP contribution in [0.15, 0.2) is 36.8 Å². The van der Waals surface area contributed by atoms with E-state index in [1.54, 1.807) is 6.20 Å². The fourth-order valence-electron chi connectivity index (χ4n) is 1.88. The standard InChI is InChI=1S/C13H13N5/c1-9-17-12-11(4-6-15-12)13(18-9)16-8-10-3-2-5-14-7-10/h2-7H,8H2,1H3,(H2,15,16,17,18). The fourth-order valence-corrected chi connectivity index (χ4v) is 1.88. The van der Waals surface area contributed by atoms with Gasteiger partial charge in [0.25, 0.3) is 0 Å². The van der Waals surface area contributed by atoms with Crippen LogP contribution in [0.2, 0.25) is 0 Å². The summed E-state index contributed by atoms with van der Waals surface area (Å²) >= 11 is 0. The molecule has 0 aliphatic rings. The van der Waals surface area contributed by atoms with Crippen LogP contribution in [0.1, 0.15) is 11.4 Å². The monoisotopic (exact) mass is 239 g/mol. The summed E-state index contributed by atoms with van der Waals surface area (Å²) in [7, 11) is 0. The van der Waals surface area contributed by atoms with Gasteiger partial charge in [0.15, 0.2) is 0 Å². The molecule has 0 aliphatic carbocycles. The predicted molar refractivity (Wildman–Crippen MR) is 70.2 cm³/mol. The van der Waals surface area contributed by atoms with E-state index in [9.17, 15) is 0 Å². The van der Waals surface area contributed by atoms with E-state index < -0.39 is 0 Å². The number of aromatic amines is 1. The van der Waals surface area contributed by atoms with Crippen LogP contribution in [0.3, 0.4) is 0 Å². The van der Waals surface area contributed by atoms with Crippen molar-refractivity contribution in [3.05, 3.63) is 48.2 Å². The summed E-state index contributed by atoms with van der Waals surface area (Å²) in [5.41, 5.74) is 1.98. The molecule has 0 atom stereocenters. The van der Waals surface area contributed by atoms with Crippen molar-refractivity contribution in [3.63, 3.8) is 0 Å². The van der Waals surface area contributed by atoms with Crippen LogP contribution >= 0.6 is 0 Å². The number of fused-ring (bicyclic) bond motifs is 1. The molecular weight excluding hydrogens is 226 g/mol. The Morgan fingerprint density at radius 1 is 1.28 bits per heavy atom. The summed E-state index contributed by atoms with van der Waals surface area (Å²) in [6, 6.07) is 5.93. The van der Waals surface area contributed by atoms with E-state index in [2.05, 4.69) is 25.3 Å². The van der Waals surface area contributed by atoms with Gasteiger partial charge in [-0.05, 0) is 24.6 Å². The van der Waals surface area contributed by atoms with E-state index in [0.717, 1.165) is 28.2 Å². The number of nitrogens with one attached hydrogen (secondary N) is 2. The van der Waals surface area contributed by atoms with Crippen LogP contribution in [0.5, 0.6) is 0 Å². The maximum atomic E-state index is 4.43. The molecule has 3 aromatic rings. The average Bonchev–Trinajstić information content (AvgIpc) is 2.85. The molecule has 18 heavy (non-hydrogen) atoms. The second-order valence-corrected chi connectivity index (χ2v) is 4.07. The van der Waals surface area contributed by atoms with Crippen LogP contribution < -0.4 is 5.32 Å². The third-order valence-electron chi connectivity index (χ3n) is 2.71. The number of aryl methyl sites for hydroxylation is 1. The lowest BCUT2D eigenvalue weighted by Crippen LogP contribution is -2.03. The van der Waals surface area contributed by atoms with Gasteiger partial charge in [-0.1, -0.05) is 6.07 Å². The number of nitrogens with zero attached hydrogens (tertiary/aromatic N) is 3. The predicted octanol–water partition coefficient (Wildman–Crippen LogP) is 2.27. The highest BCUT2D eigenvalue weighted by molar-refractivity contribution is 5.86. The van der Waals surface area contributed by atoms with E-state index in [4.69, 9.17) is 0 Å². The lowest BCUT2D eigenvalue weighted by molar-refractivity contribution is 1.04. The number of anilines is 1. The van der Waals surface area contributed by atoms with Crippen molar-refractivity contribution in [2.75, 3.05) is 5.32 Å². The first-order valence-corrected chi connectivity index (χ1v) is 5.77. The molecule has 3 aromatic heterocycles. The minimum atomic E-state index is 0.699.